The van der Waals surface area contributed by atoms with Crippen molar-refractivity contribution in [2.45, 2.75) is 50.6 Å². The molecule has 0 radical (unpaired) electrons. The second-order valence-electron chi connectivity index (χ2n) is 5.86. The van der Waals surface area contributed by atoms with Gasteiger partial charge in [0.2, 0.25) is 0 Å². The second kappa shape index (κ2) is 5.94. The lowest BCUT2D eigenvalue weighted by Gasteiger charge is -2.40. The SMILES string of the molecule is NCCC1CCCCN1C1CCc2cc(Br)ccc21. The first-order chi connectivity index (χ1) is 9.29. The molecular formula is C16H23BrN2. The Morgan fingerprint density at radius 1 is 1.26 bits per heavy atom. The van der Waals surface area contributed by atoms with Crippen LogP contribution in [0.5, 0.6) is 0 Å². The van der Waals surface area contributed by atoms with E-state index in [1.807, 2.05) is 0 Å². The number of hydrogen-bond donors (Lipinski definition) is 1. The second-order valence-corrected chi connectivity index (χ2v) is 6.78. The number of nitrogens with zero attached hydrogens (tertiary/aromatic N) is 1. The zero-order chi connectivity index (χ0) is 13.2. The molecule has 19 heavy (non-hydrogen) atoms. The molecule has 1 heterocycles. The van der Waals surface area contributed by atoms with Gasteiger partial charge in [-0.1, -0.05) is 28.4 Å². The summed E-state index contributed by atoms with van der Waals surface area (Å²) in [5.74, 6) is 0. The maximum Gasteiger partial charge on any atom is 0.0356 e. The minimum Gasteiger partial charge on any atom is -0.330 e. The highest BCUT2D eigenvalue weighted by atomic mass is 79.9. The van der Waals surface area contributed by atoms with Gasteiger partial charge in [-0.2, -0.15) is 0 Å². The quantitative estimate of drug-likeness (QED) is 0.920. The third kappa shape index (κ3) is 2.74. The van der Waals surface area contributed by atoms with Gasteiger partial charge < -0.3 is 5.73 Å². The van der Waals surface area contributed by atoms with Crippen LogP contribution in [0.1, 0.15) is 49.3 Å². The van der Waals surface area contributed by atoms with Gasteiger partial charge >= 0.3 is 0 Å². The van der Waals surface area contributed by atoms with Crippen LogP contribution < -0.4 is 5.73 Å². The molecule has 2 nitrogen and oxygen atoms in total. The van der Waals surface area contributed by atoms with Crippen molar-refractivity contribution in [2.75, 3.05) is 13.1 Å². The van der Waals surface area contributed by atoms with Gasteiger partial charge in [0.1, 0.15) is 0 Å². The maximum atomic E-state index is 5.80. The number of aryl methyl sites for hydroxylation is 1. The molecular weight excluding hydrogens is 300 g/mol. The Labute approximate surface area is 124 Å². The molecule has 2 N–H and O–H groups in total. The summed E-state index contributed by atoms with van der Waals surface area (Å²) in [6, 6.07) is 8.17. The Morgan fingerprint density at radius 2 is 2.16 bits per heavy atom. The van der Waals surface area contributed by atoms with E-state index in [0.717, 1.165) is 13.0 Å². The minimum atomic E-state index is 0.639. The van der Waals surface area contributed by atoms with Crippen molar-refractivity contribution in [2.24, 2.45) is 5.73 Å². The fourth-order valence-electron chi connectivity index (χ4n) is 3.84. The number of nitrogens with two attached hydrogens (primary N) is 1. The summed E-state index contributed by atoms with van der Waals surface area (Å²) in [4.78, 5) is 2.75. The highest BCUT2D eigenvalue weighted by molar-refractivity contribution is 9.10. The molecule has 0 saturated carbocycles. The number of fused-ring (bicyclic) bond motifs is 1. The summed E-state index contributed by atoms with van der Waals surface area (Å²) >= 11 is 3.59. The van der Waals surface area contributed by atoms with Crippen LogP contribution in [0.25, 0.3) is 0 Å². The van der Waals surface area contributed by atoms with E-state index in [9.17, 15) is 0 Å². The van der Waals surface area contributed by atoms with Crippen molar-refractivity contribution in [1.82, 2.24) is 4.90 Å². The fourth-order valence-corrected chi connectivity index (χ4v) is 4.25. The third-order valence-electron chi connectivity index (χ3n) is 4.72. The van der Waals surface area contributed by atoms with Crippen molar-refractivity contribution >= 4 is 15.9 Å². The molecule has 2 aliphatic rings. The molecule has 0 amide bonds. The van der Waals surface area contributed by atoms with Crippen LogP contribution in [-0.4, -0.2) is 24.0 Å². The molecule has 1 aromatic carbocycles. The van der Waals surface area contributed by atoms with Gasteiger partial charge in [-0.3, -0.25) is 4.90 Å². The average molecular weight is 323 g/mol. The smallest absolute Gasteiger partial charge is 0.0356 e. The first-order valence-electron chi connectivity index (χ1n) is 7.53. The lowest BCUT2D eigenvalue weighted by molar-refractivity contribution is 0.0900. The standard InChI is InChI=1S/C16H23BrN2/c17-13-5-6-15-12(11-13)4-7-16(15)19-10-2-1-3-14(19)8-9-18/h5-6,11,14,16H,1-4,7-10,18H2. The normalized spacial score (nSPS) is 27.5. The van der Waals surface area contributed by atoms with E-state index in [2.05, 4.69) is 39.0 Å². The molecule has 0 bridgehead atoms. The summed E-state index contributed by atoms with van der Waals surface area (Å²) in [6.45, 7) is 2.08. The Morgan fingerprint density at radius 3 is 3.00 bits per heavy atom. The maximum absolute atomic E-state index is 5.80. The van der Waals surface area contributed by atoms with Crippen molar-refractivity contribution in [3.63, 3.8) is 0 Å². The molecule has 1 fully saturated rings. The van der Waals surface area contributed by atoms with E-state index >= 15 is 0 Å². The number of piperidine rings is 1. The molecule has 0 aromatic heterocycles. The van der Waals surface area contributed by atoms with Crippen molar-refractivity contribution in [1.29, 1.82) is 0 Å². The fraction of sp³-hybridized carbons (Fsp3) is 0.625. The lowest BCUT2D eigenvalue weighted by Crippen LogP contribution is -2.42. The van der Waals surface area contributed by atoms with E-state index in [0.29, 0.717) is 12.1 Å². The zero-order valence-corrected chi connectivity index (χ0v) is 13.0. The molecule has 3 rings (SSSR count). The van der Waals surface area contributed by atoms with E-state index in [-0.39, 0.29) is 0 Å². The Hall–Kier alpha value is -0.380. The van der Waals surface area contributed by atoms with Gasteiger partial charge in [0, 0.05) is 16.6 Å². The van der Waals surface area contributed by atoms with Crippen LogP contribution in [0, 0.1) is 0 Å². The van der Waals surface area contributed by atoms with Gasteiger partial charge in [-0.25, -0.2) is 0 Å². The number of hydrogen-bond acceptors (Lipinski definition) is 2. The number of halogens is 1. The summed E-state index contributed by atoms with van der Waals surface area (Å²) < 4.78 is 1.21. The summed E-state index contributed by atoms with van der Waals surface area (Å²) in [6.07, 6.45) is 7.73. The van der Waals surface area contributed by atoms with E-state index < -0.39 is 0 Å². The topological polar surface area (TPSA) is 29.3 Å². The first kappa shape index (κ1) is 13.6. The van der Waals surface area contributed by atoms with Crippen LogP contribution in [-0.2, 0) is 6.42 Å². The van der Waals surface area contributed by atoms with Crippen LogP contribution in [0.4, 0.5) is 0 Å². The molecule has 2 unspecified atom stereocenters. The molecule has 2 atom stereocenters. The summed E-state index contributed by atoms with van der Waals surface area (Å²) in [5.41, 5.74) is 8.90. The van der Waals surface area contributed by atoms with Crippen LogP contribution >= 0.6 is 15.9 Å². The van der Waals surface area contributed by atoms with Gasteiger partial charge in [0.15, 0.2) is 0 Å². The molecule has 104 valence electrons. The summed E-state index contributed by atoms with van der Waals surface area (Å²) in [7, 11) is 0. The Kier molecular flexibility index (Phi) is 4.25. The van der Waals surface area contributed by atoms with E-state index in [1.54, 1.807) is 5.56 Å². The molecule has 0 spiro atoms. The number of rotatable bonds is 3. The predicted molar refractivity (Wildman–Crippen MR) is 83.2 cm³/mol. The van der Waals surface area contributed by atoms with Crippen molar-refractivity contribution < 1.29 is 0 Å². The van der Waals surface area contributed by atoms with Gasteiger partial charge in [-0.05, 0) is 68.5 Å². The van der Waals surface area contributed by atoms with Crippen LogP contribution in [0.15, 0.2) is 22.7 Å². The van der Waals surface area contributed by atoms with E-state index in [1.165, 1.54) is 48.7 Å². The van der Waals surface area contributed by atoms with Crippen LogP contribution in [0.2, 0.25) is 0 Å². The molecule has 1 aliphatic heterocycles. The van der Waals surface area contributed by atoms with Gasteiger partial charge in [0.25, 0.3) is 0 Å². The number of benzene rings is 1. The van der Waals surface area contributed by atoms with Gasteiger partial charge in [0.05, 0.1) is 0 Å². The van der Waals surface area contributed by atoms with Gasteiger partial charge in [-0.15, -0.1) is 0 Å². The molecule has 1 aliphatic carbocycles. The van der Waals surface area contributed by atoms with Crippen LogP contribution in [0.3, 0.4) is 0 Å². The first-order valence-corrected chi connectivity index (χ1v) is 8.33. The highest BCUT2D eigenvalue weighted by Gasteiger charge is 2.33. The van der Waals surface area contributed by atoms with Crippen molar-refractivity contribution in [3.05, 3.63) is 33.8 Å². The number of likely N-dealkylation sites (tertiary alicyclic amines) is 1. The largest absolute Gasteiger partial charge is 0.330 e. The summed E-state index contributed by atoms with van der Waals surface area (Å²) in [5, 5.41) is 0. The monoisotopic (exact) mass is 322 g/mol. The lowest BCUT2D eigenvalue weighted by atomic mass is 9.95. The molecule has 1 saturated heterocycles. The Bertz CT molecular complexity index is 444. The molecule has 1 aromatic rings. The predicted octanol–water partition coefficient (Wildman–Crippen LogP) is 3.64. The minimum absolute atomic E-state index is 0.639. The van der Waals surface area contributed by atoms with E-state index in [4.69, 9.17) is 5.73 Å². The average Bonchev–Trinajstić information content (AvgIpc) is 2.82. The Balaban J connectivity index is 1.83. The third-order valence-corrected chi connectivity index (χ3v) is 5.22. The van der Waals surface area contributed by atoms with Crippen molar-refractivity contribution in [3.8, 4) is 0 Å². The highest BCUT2D eigenvalue weighted by Crippen LogP contribution is 2.40. The zero-order valence-electron chi connectivity index (χ0n) is 11.4. The molecule has 3 heteroatoms.